The van der Waals surface area contributed by atoms with Crippen LogP contribution in [-0.2, 0) is 26.1 Å². The summed E-state index contributed by atoms with van der Waals surface area (Å²) >= 11 is 0. The Morgan fingerprint density at radius 3 is 2.41 bits per heavy atom. The summed E-state index contributed by atoms with van der Waals surface area (Å²) < 4.78 is 38.9. The minimum Gasteiger partial charge on any atom is -0.497 e. The monoisotopic (exact) mass is 463 g/mol. The van der Waals surface area contributed by atoms with Gasteiger partial charge >= 0.3 is 0 Å². The Bertz CT molecular complexity index is 963. The van der Waals surface area contributed by atoms with Gasteiger partial charge in [-0.1, -0.05) is 30.3 Å². The molecular formula is C22H29N3O6S. The normalized spacial score (nSPS) is 16.0. The Kier molecular flexibility index (Phi) is 8.60. The molecule has 0 aromatic heterocycles. The zero-order chi connectivity index (χ0) is 23.0. The number of ether oxygens (including phenoxy) is 2. The fourth-order valence-corrected chi connectivity index (χ4v) is 5.23. The second-order valence-corrected chi connectivity index (χ2v) is 9.34. The van der Waals surface area contributed by atoms with Crippen LogP contribution in [0.2, 0.25) is 0 Å². The summed E-state index contributed by atoms with van der Waals surface area (Å²) in [6.45, 7) is 3.07. The summed E-state index contributed by atoms with van der Waals surface area (Å²) in [5, 5.41) is 9.39. The summed E-state index contributed by atoms with van der Waals surface area (Å²) in [6, 6.07) is 14.0. The van der Waals surface area contributed by atoms with Crippen molar-refractivity contribution < 1.29 is 27.9 Å². The molecule has 0 spiro atoms. The average Bonchev–Trinajstić information content (AvgIpc) is 2.84. The molecule has 0 saturated carbocycles. The lowest BCUT2D eigenvalue weighted by molar-refractivity contribution is -0.133. The highest BCUT2D eigenvalue weighted by atomic mass is 32.2. The van der Waals surface area contributed by atoms with Gasteiger partial charge in [-0.05, 0) is 36.2 Å². The first-order chi connectivity index (χ1) is 15.5. The number of benzene rings is 2. The Balaban J connectivity index is 1.94. The summed E-state index contributed by atoms with van der Waals surface area (Å²) in [5.74, 6) is -0.248. The van der Waals surface area contributed by atoms with E-state index in [-0.39, 0.29) is 17.9 Å². The van der Waals surface area contributed by atoms with Gasteiger partial charge in [0.15, 0.2) is 0 Å². The van der Waals surface area contributed by atoms with Crippen molar-refractivity contribution in [1.82, 2.24) is 14.7 Å². The first-order valence-electron chi connectivity index (χ1n) is 10.4. The second-order valence-electron chi connectivity index (χ2n) is 7.45. The highest BCUT2D eigenvalue weighted by Crippen LogP contribution is 2.25. The van der Waals surface area contributed by atoms with E-state index in [0.29, 0.717) is 38.6 Å². The van der Waals surface area contributed by atoms with Gasteiger partial charge in [-0.15, -0.1) is 0 Å². The van der Waals surface area contributed by atoms with E-state index in [9.17, 15) is 18.4 Å². The van der Waals surface area contributed by atoms with Crippen molar-refractivity contribution >= 4 is 15.9 Å². The number of hydrogen-bond acceptors (Lipinski definition) is 7. The highest BCUT2D eigenvalue weighted by molar-refractivity contribution is 7.89. The molecule has 10 heteroatoms. The number of carbonyl (C=O) groups excluding carboxylic acids is 1. The van der Waals surface area contributed by atoms with Gasteiger partial charge in [0.05, 0.1) is 25.2 Å². The first-order valence-corrected chi connectivity index (χ1v) is 11.8. The molecule has 0 bridgehead atoms. The van der Waals surface area contributed by atoms with Crippen LogP contribution in [0.3, 0.4) is 0 Å². The predicted octanol–water partition coefficient (Wildman–Crippen LogP) is 1.48. The molecule has 1 saturated heterocycles. The molecule has 1 unspecified atom stereocenters. The smallest absolute Gasteiger partial charge is 0.261 e. The maximum atomic E-state index is 13.6. The van der Waals surface area contributed by atoms with E-state index < -0.39 is 22.0 Å². The molecule has 32 heavy (non-hydrogen) atoms. The van der Waals surface area contributed by atoms with Gasteiger partial charge in [0.1, 0.15) is 11.8 Å². The molecule has 2 aromatic carbocycles. The molecule has 2 aromatic rings. The number of sulfonamides is 1. The molecular weight excluding hydrogens is 434 g/mol. The lowest BCUT2D eigenvalue weighted by atomic mass is 10.1. The summed E-state index contributed by atoms with van der Waals surface area (Å²) in [6.07, 6.45) is 0.217. The molecule has 1 heterocycles. The molecule has 0 radical (unpaired) electrons. The SMILES string of the molecule is COc1ccc(S(=O)(=O)N(Cc2ccccc2)C(CCN2CCOCC2)C(=O)NO)cc1. The number of methoxy groups -OCH3 is 1. The van der Waals surface area contributed by atoms with Crippen LogP contribution in [-0.4, -0.2) is 74.7 Å². The number of amides is 1. The third kappa shape index (κ3) is 6.05. The zero-order valence-electron chi connectivity index (χ0n) is 18.0. The van der Waals surface area contributed by atoms with Crippen LogP contribution in [0.4, 0.5) is 0 Å². The van der Waals surface area contributed by atoms with E-state index in [1.807, 2.05) is 18.2 Å². The van der Waals surface area contributed by atoms with Gasteiger partial charge in [0.2, 0.25) is 10.0 Å². The summed E-state index contributed by atoms with van der Waals surface area (Å²) in [7, 11) is -2.57. The molecule has 9 nitrogen and oxygen atoms in total. The van der Waals surface area contributed by atoms with Gasteiger partial charge in [0, 0.05) is 26.2 Å². The highest BCUT2D eigenvalue weighted by Gasteiger charge is 2.36. The molecule has 1 amide bonds. The number of nitrogens with one attached hydrogen (secondary N) is 1. The van der Waals surface area contributed by atoms with Gasteiger partial charge in [-0.3, -0.25) is 14.9 Å². The predicted molar refractivity (Wildman–Crippen MR) is 118 cm³/mol. The third-order valence-corrected chi connectivity index (χ3v) is 7.30. The first kappa shape index (κ1) is 24.1. The van der Waals surface area contributed by atoms with Crippen molar-refractivity contribution in [1.29, 1.82) is 0 Å². The van der Waals surface area contributed by atoms with Crippen LogP contribution in [0.5, 0.6) is 5.75 Å². The molecule has 1 fully saturated rings. The van der Waals surface area contributed by atoms with Crippen LogP contribution in [0.15, 0.2) is 59.5 Å². The molecule has 1 aliphatic rings. The lowest BCUT2D eigenvalue weighted by Crippen LogP contribution is -2.50. The maximum Gasteiger partial charge on any atom is 0.261 e. The van der Waals surface area contributed by atoms with Crippen LogP contribution in [0, 0.1) is 0 Å². The van der Waals surface area contributed by atoms with E-state index in [4.69, 9.17) is 9.47 Å². The summed E-state index contributed by atoms with van der Waals surface area (Å²) in [5.41, 5.74) is 2.38. The van der Waals surface area contributed by atoms with E-state index in [2.05, 4.69) is 4.90 Å². The third-order valence-electron chi connectivity index (χ3n) is 5.43. The molecule has 0 aliphatic carbocycles. The maximum absolute atomic E-state index is 13.6. The number of hydrogen-bond donors (Lipinski definition) is 2. The Morgan fingerprint density at radius 2 is 1.81 bits per heavy atom. The standard InChI is InChI=1S/C22H29N3O6S/c1-30-19-7-9-20(10-8-19)32(28,29)25(17-18-5-3-2-4-6-18)21(22(26)23-27)11-12-24-13-15-31-16-14-24/h2-10,21,27H,11-17H2,1H3,(H,23,26). The minimum atomic E-state index is -4.07. The number of morpholine rings is 1. The van der Waals surface area contributed by atoms with E-state index in [1.165, 1.54) is 19.2 Å². The largest absolute Gasteiger partial charge is 0.497 e. The minimum absolute atomic E-state index is 0.0175. The fraction of sp³-hybridized carbons (Fsp3) is 0.409. The topological polar surface area (TPSA) is 108 Å². The Labute approximate surface area is 188 Å². The molecule has 1 atom stereocenters. The number of hydroxylamine groups is 1. The van der Waals surface area contributed by atoms with Crippen molar-refractivity contribution in [3.8, 4) is 5.75 Å². The number of nitrogens with zero attached hydrogens (tertiary/aromatic N) is 2. The van der Waals surface area contributed by atoms with E-state index >= 15 is 0 Å². The zero-order valence-corrected chi connectivity index (χ0v) is 18.8. The van der Waals surface area contributed by atoms with Crippen molar-refractivity contribution in [2.45, 2.75) is 23.9 Å². The average molecular weight is 464 g/mol. The summed E-state index contributed by atoms with van der Waals surface area (Å²) in [4.78, 5) is 14.8. The van der Waals surface area contributed by atoms with Crippen LogP contribution >= 0.6 is 0 Å². The lowest BCUT2D eigenvalue weighted by Gasteiger charge is -2.32. The number of rotatable bonds is 10. The van der Waals surface area contributed by atoms with Gasteiger partial charge < -0.3 is 9.47 Å². The van der Waals surface area contributed by atoms with Crippen molar-refractivity contribution in [2.75, 3.05) is 40.0 Å². The second kappa shape index (κ2) is 11.4. The van der Waals surface area contributed by atoms with Crippen molar-refractivity contribution in [3.05, 3.63) is 60.2 Å². The molecule has 3 rings (SSSR count). The van der Waals surface area contributed by atoms with E-state index in [0.717, 1.165) is 9.87 Å². The molecule has 1 aliphatic heterocycles. The van der Waals surface area contributed by atoms with Gasteiger partial charge in [0.25, 0.3) is 5.91 Å². The van der Waals surface area contributed by atoms with Crippen LogP contribution < -0.4 is 10.2 Å². The van der Waals surface area contributed by atoms with Crippen molar-refractivity contribution in [3.63, 3.8) is 0 Å². The van der Waals surface area contributed by atoms with Crippen LogP contribution in [0.25, 0.3) is 0 Å². The molecule has 2 N–H and O–H groups in total. The van der Waals surface area contributed by atoms with Gasteiger partial charge in [-0.2, -0.15) is 4.31 Å². The quantitative estimate of drug-likeness (QED) is 0.406. The van der Waals surface area contributed by atoms with Crippen molar-refractivity contribution in [2.24, 2.45) is 0 Å². The van der Waals surface area contributed by atoms with Gasteiger partial charge in [-0.25, -0.2) is 13.9 Å². The fourth-order valence-electron chi connectivity index (χ4n) is 3.62. The molecule has 174 valence electrons. The van der Waals surface area contributed by atoms with E-state index in [1.54, 1.807) is 29.7 Å². The van der Waals surface area contributed by atoms with Crippen LogP contribution in [0.1, 0.15) is 12.0 Å². The Morgan fingerprint density at radius 1 is 1.16 bits per heavy atom. The Hall–Kier alpha value is -2.50. The number of carbonyl (C=O) groups is 1.